The van der Waals surface area contributed by atoms with Gasteiger partial charge in [-0.25, -0.2) is 4.99 Å². The molecule has 0 bridgehead atoms. The average Bonchev–Trinajstić information content (AvgIpc) is 3.22. The predicted molar refractivity (Wildman–Crippen MR) is 112 cm³/mol. The van der Waals surface area contributed by atoms with Gasteiger partial charge in [0, 0.05) is 12.1 Å². The van der Waals surface area contributed by atoms with Crippen molar-refractivity contribution in [2.45, 2.75) is 45.3 Å². The van der Waals surface area contributed by atoms with Crippen molar-refractivity contribution in [1.82, 2.24) is 10.2 Å². The molecule has 29 heavy (non-hydrogen) atoms. The Morgan fingerprint density at radius 1 is 1.10 bits per heavy atom. The third kappa shape index (κ3) is 3.75. The maximum atomic E-state index is 12.6. The molecule has 2 amide bonds. The summed E-state index contributed by atoms with van der Waals surface area (Å²) in [7, 11) is 0. The van der Waals surface area contributed by atoms with Crippen LogP contribution in [-0.4, -0.2) is 28.2 Å². The van der Waals surface area contributed by atoms with Crippen LogP contribution >= 0.6 is 0 Å². The SMILES string of the molecule is CC1(C)C[C@]12CC(=O)N(Cc1ccc(C(=O)NCc3ccccc3)cc1)C(N)=N2. The Hall–Kier alpha value is -3.15. The summed E-state index contributed by atoms with van der Waals surface area (Å²) in [5.74, 6) is 0.165. The standard InChI is InChI=1S/C23H26N4O2/c1-22(2)15-23(22)12-19(28)27(21(24)26-23)14-17-8-10-18(11-9-17)20(29)25-13-16-6-4-3-5-7-16/h3-11H,12-15H2,1-2H3,(H2,24,26)(H,25,29)/t23-/m1/s1. The number of nitrogens with one attached hydrogen (secondary N) is 1. The third-order valence-corrected chi connectivity index (χ3v) is 6.07. The van der Waals surface area contributed by atoms with E-state index in [0.717, 1.165) is 17.5 Å². The molecule has 1 aliphatic heterocycles. The van der Waals surface area contributed by atoms with Crippen molar-refractivity contribution in [2.24, 2.45) is 16.1 Å². The zero-order valence-electron chi connectivity index (χ0n) is 16.8. The van der Waals surface area contributed by atoms with E-state index in [1.807, 2.05) is 42.5 Å². The highest BCUT2D eigenvalue weighted by molar-refractivity contribution is 5.99. The maximum absolute atomic E-state index is 12.6. The number of hydrogen-bond donors (Lipinski definition) is 2. The van der Waals surface area contributed by atoms with E-state index in [-0.39, 0.29) is 28.7 Å². The lowest BCUT2D eigenvalue weighted by atomic mass is 9.99. The van der Waals surface area contributed by atoms with E-state index in [9.17, 15) is 9.59 Å². The quantitative estimate of drug-likeness (QED) is 0.823. The van der Waals surface area contributed by atoms with Crippen LogP contribution in [0.5, 0.6) is 0 Å². The summed E-state index contributed by atoms with van der Waals surface area (Å²) in [6.07, 6.45) is 1.30. The van der Waals surface area contributed by atoms with E-state index in [1.54, 1.807) is 12.1 Å². The van der Waals surface area contributed by atoms with Crippen LogP contribution in [0.4, 0.5) is 0 Å². The van der Waals surface area contributed by atoms with Gasteiger partial charge in [0.2, 0.25) is 5.91 Å². The van der Waals surface area contributed by atoms with Gasteiger partial charge in [0.25, 0.3) is 5.91 Å². The second-order valence-corrected chi connectivity index (χ2v) is 8.58. The highest BCUT2D eigenvalue weighted by Gasteiger charge is 2.64. The molecule has 2 aliphatic rings. The zero-order valence-corrected chi connectivity index (χ0v) is 16.8. The molecule has 1 saturated carbocycles. The fraction of sp³-hybridized carbons (Fsp3) is 0.348. The highest BCUT2D eigenvalue weighted by Crippen LogP contribution is 2.61. The smallest absolute Gasteiger partial charge is 0.251 e. The number of aliphatic imine (C=N–C) groups is 1. The molecule has 1 heterocycles. The lowest BCUT2D eigenvalue weighted by molar-refractivity contribution is -0.129. The van der Waals surface area contributed by atoms with Crippen LogP contribution in [0.3, 0.4) is 0 Å². The van der Waals surface area contributed by atoms with Crippen LogP contribution in [0.1, 0.15) is 48.2 Å². The lowest BCUT2D eigenvalue weighted by Gasteiger charge is -2.30. The van der Waals surface area contributed by atoms with Crippen LogP contribution < -0.4 is 11.1 Å². The van der Waals surface area contributed by atoms with E-state index >= 15 is 0 Å². The van der Waals surface area contributed by atoms with Crippen LogP contribution in [0.25, 0.3) is 0 Å². The van der Waals surface area contributed by atoms with E-state index in [0.29, 0.717) is 25.1 Å². The summed E-state index contributed by atoms with van der Waals surface area (Å²) >= 11 is 0. The molecular formula is C23H26N4O2. The Kier molecular flexibility index (Phi) is 4.65. The molecule has 3 N–H and O–H groups in total. The summed E-state index contributed by atoms with van der Waals surface area (Å²) in [5.41, 5.74) is 8.37. The molecule has 1 spiro atoms. The number of nitrogens with two attached hydrogens (primary N) is 1. The van der Waals surface area contributed by atoms with Crippen molar-refractivity contribution < 1.29 is 9.59 Å². The molecule has 6 nitrogen and oxygen atoms in total. The second kappa shape index (κ2) is 7.03. The van der Waals surface area contributed by atoms with Gasteiger partial charge in [-0.3, -0.25) is 14.5 Å². The Labute approximate surface area is 170 Å². The summed E-state index contributed by atoms with van der Waals surface area (Å²) < 4.78 is 0. The summed E-state index contributed by atoms with van der Waals surface area (Å²) in [6, 6.07) is 17.0. The van der Waals surface area contributed by atoms with Crippen LogP contribution in [0.15, 0.2) is 59.6 Å². The van der Waals surface area contributed by atoms with E-state index in [4.69, 9.17) is 5.73 Å². The van der Waals surface area contributed by atoms with Gasteiger partial charge in [-0.05, 0) is 35.1 Å². The number of amides is 2. The van der Waals surface area contributed by atoms with E-state index in [2.05, 4.69) is 24.2 Å². The van der Waals surface area contributed by atoms with Gasteiger partial charge in [-0.15, -0.1) is 0 Å². The Morgan fingerprint density at radius 2 is 1.76 bits per heavy atom. The number of guanidine groups is 1. The molecule has 2 aromatic carbocycles. The van der Waals surface area contributed by atoms with Crippen molar-refractivity contribution in [3.05, 3.63) is 71.3 Å². The fourth-order valence-electron chi connectivity index (χ4n) is 3.97. The Balaban J connectivity index is 1.38. The van der Waals surface area contributed by atoms with E-state index < -0.39 is 0 Å². The monoisotopic (exact) mass is 390 g/mol. The Morgan fingerprint density at radius 3 is 2.34 bits per heavy atom. The van der Waals surface area contributed by atoms with Gasteiger partial charge >= 0.3 is 0 Å². The number of nitrogens with zero attached hydrogens (tertiary/aromatic N) is 2. The van der Waals surface area contributed by atoms with Gasteiger partial charge < -0.3 is 11.1 Å². The first-order valence-electron chi connectivity index (χ1n) is 9.86. The van der Waals surface area contributed by atoms with Gasteiger partial charge in [0.05, 0.1) is 18.5 Å². The first kappa shape index (κ1) is 19.2. The summed E-state index contributed by atoms with van der Waals surface area (Å²) in [4.78, 5) is 31.2. The predicted octanol–water partition coefficient (Wildman–Crippen LogP) is 2.83. The molecule has 4 rings (SSSR count). The van der Waals surface area contributed by atoms with Crippen molar-refractivity contribution in [3.8, 4) is 0 Å². The van der Waals surface area contributed by atoms with Crippen LogP contribution in [-0.2, 0) is 17.9 Å². The minimum atomic E-state index is -0.314. The summed E-state index contributed by atoms with van der Waals surface area (Å²) in [5, 5.41) is 2.91. The van der Waals surface area contributed by atoms with Gasteiger partial charge in [-0.2, -0.15) is 0 Å². The zero-order chi connectivity index (χ0) is 20.6. The molecule has 1 atom stereocenters. The maximum Gasteiger partial charge on any atom is 0.251 e. The minimum Gasteiger partial charge on any atom is -0.369 e. The Bertz CT molecular complexity index is 966. The largest absolute Gasteiger partial charge is 0.369 e. The number of hydrogen-bond acceptors (Lipinski definition) is 4. The van der Waals surface area contributed by atoms with Crippen molar-refractivity contribution >= 4 is 17.8 Å². The molecule has 1 aliphatic carbocycles. The van der Waals surface area contributed by atoms with Crippen molar-refractivity contribution in [3.63, 3.8) is 0 Å². The first-order chi connectivity index (χ1) is 13.8. The first-order valence-corrected chi connectivity index (χ1v) is 9.86. The molecule has 0 unspecified atom stereocenters. The molecule has 6 heteroatoms. The molecule has 1 fully saturated rings. The molecule has 2 aromatic rings. The minimum absolute atomic E-state index is 0.00718. The van der Waals surface area contributed by atoms with Crippen molar-refractivity contribution in [1.29, 1.82) is 0 Å². The van der Waals surface area contributed by atoms with Crippen molar-refractivity contribution in [2.75, 3.05) is 0 Å². The second-order valence-electron chi connectivity index (χ2n) is 8.58. The van der Waals surface area contributed by atoms with Crippen LogP contribution in [0.2, 0.25) is 0 Å². The normalized spacial score (nSPS) is 22.3. The number of carbonyl (C=O) groups excluding carboxylic acids is 2. The molecule has 0 saturated heterocycles. The topological polar surface area (TPSA) is 87.8 Å². The fourth-order valence-corrected chi connectivity index (χ4v) is 3.97. The number of benzene rings is 2. The molecule has 150 valence electrons. The lowest BCUT2D eigenvalue weighted by Crippen LogP contribution is -2.48. The molecule has 0 radical (unpaired) electrons. The van der Waals surface area contributed by atoms with E-state index in [1.165, 1.54) is 4.90 Å². The molecular weight excluding hydrogens is 364 g/mol. The average molecular weight is 390 g/mol. The highest BCUT2D eigenvalue weighted by atomic mass is 16.2. The molecule has 0 aromatic heterocycles. The number of carbonyl (C=O) groups is 2. The third-order valence-electron chi connectivity index (χ3n) is 6.07. The van der Waals surface area contributed by atoms with Gasteiger partial charge in [0.15, 0.2) is 5.96 Å². The summed E-state index contributed by atoms with van der Waals surface area (Å²) in [6.45, 7) is 5.08. The van der Waals surface area contributed by atoms with Gasteiger partial charge in [-0.1, -0.05) is 56.3 Å². The van der Waals surface area contributed by atoms with Gasteiger partial charge in [0.1, 0.15) is 0 Å². The number of rotatable bonds is 5. The van der Waals surface area contributed by atoms with Crippen LogP contribution in [0, 0.1) is 5.41 Å².